The van der Waals surface area contributed by atoms with Gasteiger partial charge in [-0.1, -0.05) is 38.0 Å². The highest BCUT2D eigenvalue weighted by atomic mass is 16.6. The molecule has 1 aliphatic heterocycles. The van der Waals surface area contributed by atoms with Crippen molar-refractivity contribution in [3.63, 3.8) is 0 Å². The number of alkyl carbamates (subject to hydrolysis) is 1. The van der Waals surface area contributed by atoms with Crippen molar-refractivity contribution in [1.82, 2.24) is 15.2 Å². The van der Waals surface area contributed by atoms with E-state index >= 15 is 0 Å². The largest absolute Gasteiger partial charge is 0.427 e. The molecule has 1 atom stereocenters. The highest BCUT2D eigenvalue weighted by Gasteiger charge is 2.32. The van der Waals surface area contributed by atoms with Gasteiger partial charge in [-0.2, -0.15) is 0 Å². The summed E-state index contributed by atoms with van der Waals surface area (Å²) in [5.41, 5.74) is 1.50. The number of ether oxygens (including phenoxy) is 1. The first-order valence-electron chi connectivity index (χ1n) is 12.5. The predicted molar refractivity (Wildman–Crippen MR) is 133 cm³/mol. The summed E-state index contributed by atoms with van der Waals surface area (Å²) in [7, 11) is 0. The minimum Gasteiger partial charge on any atom is -0.427 e. The van der Waals surface area contributed by atoms with Gasteiger partial charge < -0.3 is 24.4 Å². The van der Waals surface area contributed by atoms with E-state index in [1.54, 1.807) is 6.07 Å². The van der Waals surface area contributed by atoms with Gasteiger partial charge >= 0.3 is 11.7 Å². The third-order valence-corrected chi connectivity index (χ3v) is 6.43. The van der Waals surface area contributed by atoms with Gasteiger partial charge in [0.05, 0.1) is 0 Å². The minimum absolute atomic E-state index is 0.0283. The van der Waals surface area contributed by atoms with Gasteiger partial charge in [-0.25, -0.2) is 9.59 Å². The van der Waals surface area contributed by atoms with E-state index in [1.807, 2.05) is 30.5 Å². The molecule has 0 aliphatic carbocycles. The molecule has 0 spiro atoms. The molecule has 3 aromatic rings. The Bertz CT molecular complexity index is 1210. The van der Waals surface area contributed by atoms with Crippen LogP contribution in [0.15, 0.2) is 51.8 Å². The number of likely N-dealkylation sites (tertiary alicyclic amines) is 1. The van der Waals surface area contributed by atoms with Crippen molar-refractivity contribution in [2.24, 2.45) is 0 Å². The third-order valence-electron chi connectivity index (χ3n) is 6.43. The maximum atomic E-state index is 13.1. The molecule has 1 aliphatic rings. The molecule has 2 N–H and O–H groups in total. The molecule has 1 aromatic carbocycles. The maximum absolute atomic E-state index is 13.1. The number of aromatic nitrogens is 1. The Kier molecular flexibility index (Phi) is 8.23. The lowest BCUT2D eigenvalue weighted by molar-refractivity contribution is -0.0239. The van der Waals surface area contributed by atoms with Crippen LogP contribution >= 0.6 is 0 Å². The molecule has 0 bridgehead atoms. The van der Waals surface area contributed by atoms with Crippen LogP contribution < -0.4 is 10.9 Å². The first-order chi connectivity index (χ1) is 17.1. The molecule has 186 valence electrons. The second-order valence-electron chi connectivity index (χ2n) is 8.95. The molecule has 1 saturated heterocycles. The van der Waals surface area contributed by atoms with E-state index in [1.165, 1.54) is 11.0 Å². The van der Waals surface area contributed by atoms with Crippen LogP contribution in [0.5, 0.6) is 0 Å². The Morgan fingerprint density at radius 3 is 2.83 bits per heavy atom. The van der Waals surface area contributed by atoms with Crippen LogP contribution in [-0.4, -0.2) is 41.2 Å². The van der Waals surface area contributed by atoms with E-state index in [4.69, 9.17) is 9.15 Å². The van der Waals surface area contributed by atoms with Gasteiger partial charge in [0.2, 0.25) is 0 Å². The smallest absolute Gasteiger partial charge is 0.409 e. The number of fused-ring (bicyclic) bond motifs is 1. The van der Waals surface area contributed by atoms with Crippen LogP contribution in [0.25, 0.3) is 10.9 Å². The number of para-hydroxylation sites is 1. The van der Waals surface area contributed by atoms with E-state index in [-0.39, 0.29) is 5.56 Å². The van der Waals surface area contributed by atoms with Crippen molar-refractivity contribution in [2.45, 2.75) is 64.5 Å². The number of nitrogens with zero attached hydrogens (tertiary/aromatic N) is 1. The van der Waals surface area contributed by atoms with Crippen molar-refractivity contribution in [3.05, 3.63) is 69.9 Å². The second kappa shape index (κ2) is 11.7. The monoisotopic (exact) mass is 479 g/mol. The lowest BCUT2D eigenvalue weighted by Gasteiger charge is -2.34. The maximum Gasteiger partial charge on any atom is 0.409 e. The number of hydrogen-bond acceptors (Lipinski definition) is 5. The Labute approximate surface area is 204 Å². The summed E-state index contributed by atoms with van der Waals surface area (Å²) >= 11 is 0. The number of amides is 2. The Balaban J connectivity index is 1.33. The van der Waals surface area contributed by atoms with E-state index in [0.29, 0.717) is 38.1 Å². The molecule has 3 heterocycles. The molecule has 4 rings (SSSR count). The number of rotatable bonds is 9. The summed E-state index contributed by atoms with van der Waals surface area (Å²) < 4.78 is 11.0. The van der Waals surface area contributed by atoms with Gasteiger partial charge in [0.1, 0.15) is 11.3 Å². The molecule has 8 nitrogen and oxygen atoms in total. The number of unbranched alkanes of at least 4 members (excludes halogenated alkanes) is 2. The summed E-state index contributed by atoms with van der Waals surface area (Å²) in [6.07, 6.45) is 7.20. The number of benzene rings is 1. The molecule has 0 radical (unpaired) electrons. The Hall–Kier alpha value is -3.55. The van der Waals surface area contributed by atoms with Crippen LogP contribution in [0.2, 0.25) is 0 Å². The van der Waals surface area contributed by atoms with Gasteiger partial charge in [0.25, 0.3) is 5.91 Å². The number of hydrogen-bond donors (Lipinski definition) is 2. The van der Waals surface area contributed by atoms with Gasteiger partial charge in [-0.15, -0.1) is 0 Å². The fourth-order valence-corrected chi connectivity index (χ4v) is 4.51. The summed E-state index contributed by atoms with van der Waals surface area (Å²) in [4.78, 5) is 42.8. The summed E-state index contributed by atoms with van der Waals surface area (Å²) in [5.74, 6) is 0.121. The lowest BCUT2D eigenvalue weighted by Crippen LogP contribution is -2.48. The highest BCUT2D eigenvalue weighted by Crippen LogP contribution is 2.21. The number of carbonyl (C=O) groups is 2. The van der Waals surface area contributed by atoms with Crippen LogP contribution in [0, 0.1) is 0 Å². The number of aromatic amines is 1. The zero-order valence-electron chi connectivity index (χ0n) is 20.2. The molecular formula is C27H33N3O5. The molecule has 2 aromatic heterocycles. The minimum atomic E-state index is -0.715. The standard InChI is InChI=1S/C27H33N3O5/c1-2-3-4-9-20-13-14-22(26(32)34-20)25(31)30-17-8-7-12-24(30)35-27(33)28-16-15-19-18-29-23-11-6-5-10-21(19)23/h5-6,10-11,13-14,18,24,29H,2-4,7-9,12,15-17H2,1H3,(H,28,33). The molecule has 1 unspecified atom stereocenters. The van der Waals surface area contributed by atoms with Crippen LogP contribution in [0.3, 0.4) is 0 Å². The van der Waals surface area contributed by atoms with Gasteiger partial charge in [-0.3, -0.25) is 4.79 Å². The average molecular weight is 480 g/mol. The molecular weight excluding hydrogens is 446 g/mol. The highest BCUT2D eigenvalue weighted by molar-refractivity contribution is 5.94. The van der Waals surface area contributed by atoms with Crippen molar-refractivity contribution in [1.29, 1.82) is 0 Å². The fraction of sp³-hybridized carbons (Fsp3) is 0.444. The summed E-state index contributed by atoms with van der Waals surface area (Å²) in [5, 5.41) is 3.91. The summed E-state index contributed by atoms with van der Waals surface area (Å²) in [6, 6.07) is 11.2. The van der Waals surface area contributed by atoms with Gasteiger partial charge in [0, 0.05) is 43.0 Å². The van der Waals surface area contributed by atoms with Crippen molar-refractivity contribution in [2.75, 3.05) is 13.1 Å². The van der Waals surface area contributed by atoms with E-state index < -0.39 is 23.9 Å². The van der Waals surface area contributed by atoms with Crippen molar-refractivity contribution >= 4 is 22.9 Å². The average Bonchev–Trinajstić information content (AvgIpc) is 3.27. The number of aryl methyl sites for hydroxylation is 1. The van der Waals surface area contributed by atoms with Crippen LogP contribution in [0.1, 0.15) is 67.1 Å². The number of nitrogens with one attached hydrogen (secondary N) is 2. The van der Waals surface area contributed by atoms with E-state index in [2.05, 4.69) is 17.2 Å². The van der Waals surface area contributed by atoms with E-state index in [0.717, 1.165) is 48.6 Å². The number of carbonyl (C=O) groups excluding carboxylic acids is 2. The zero-order valence-corrected chi connectivity index (χ0v) is 20.2. The van der Waals surface area contributed by atoms with E-state index in [9.17, 15) is 14.4 Å². The van der Waals surface area contributed by atoms with Crippen LogP contribution in [0.4, 0.5) is 4.79 Å². The molecule has 0 saturated carbocycles. The third kappa shape index (κ3) is 6.12. The normalized spacial score (nSPS) is 15.8. The Morgan fingerprint density at radius 1 is 1.14 bits per heavy atom. The van der Waals surface area contributed by atoms with Crippen molar-refractivity contribution < 1.29 is 18.7 Å². The molecule has 35 heavy (non-hydrogen) atoms. The fourth-order valence-electron chi connectivity index (χ4n) is 4.51. The number of piperidine rings is 1. The number of H-pyrrole nitrogens is 1. The lowest BCUT2D eigenvalue weighted by atomic mass is 10.1. The van der Waals surface area contributed by atoms with Gasteiger partial charge in [-0.05, 0) is 49.4 Å². The first-order valence-corrected chi connectivity index (χ1v) is 12.5. The summed E-state index contributed by atoms with van der Waals surface area (Å²) in [6.45, 7) is 2.94. The molecule has 1 fully saturated rings. The predicted octanol–water partition coefficient (Wildman–Crippen LogP) is 4.77. The Morgan fingerprint density at radius 2 is 2.00 bits per heavy atom. The van der Waals surface area contributed by atoms with Crippen LogP contribution in [-0.2, 0) is 17.6 Å². The van der Waals surface area contributed by atoms with Crippen molar-refractivity contribution in [3.8, 4) is 0 Å². The SMILES string of the molecule is CCCCCc1ccc(C(=O)N2CCCCC2OC(=O)NCCc2c[nH]c3ccccc23)c(=O)o1. The van der Waals surface area contributed by atoms with Gasteiger partial charge in [0.15, 0.2) is 6.23 Å². The zero-order chi connectivity index (χ0) is 24.6. The molecule has 8 heteroatoms. The first kappa shape index (κ1) is 24.6. The molecule has 2 amide bonds. The quantitative estimate of drug-likeness (QED) is 0.430. The second-order valence-corrected chi connectivity index (χ2v) is 8.95. The topological polar surface area (TPSA) is 105 Å².